The first-order valence-electron chi connectivity index (χ1n) is 6.29. The van der Waals surface area contributed by atoms with E-state index in [0.717, 1.165) is 25.2 Å². The molecule has 1 aliphatic rings. The van der Waals surface area contributed by atoms with Crippen LogP contribution in [0, 0.1) is 6.92 Å². The van der Waals surface area contributed by atoms with Crippen LogP contribution in [0.4, 0.5) is 0 Å². The minimum Gasteiger partial charge on any atom is -0.493 e. The number of aryl methyl sites for hydroxylation is 2. The molecule has 0 saturated heterocycles. The molecule has 94 valence electrons. The average molecular weight is 259 g/mol. The third kappa shape index (κ3) is 2.04. The summed E-state index contributed by atoms with van der Waals surface area (Å²) in [5.41, 5.74) is 11.3. The van der Waals surface area contributed by atoms with E-state index in [1.807, 2.05) is 0 Å². The molecule has 0 fully saturated rings. The lowest BCUT2D eigenvalue weighted by atomic mass is 9.95. The number of hydrogen-bond donors (Lipinski definition) is 1. The summed E-state index contributed by atoms with van der Waals surface area (Å²) in [7, 11) is 0. The number of rotatable bonds is 2. The van der Waals surface area contributed by atoms with Crippen molar-refractivity contribution in [3.63, 3.8) is 0 Å². The van der Waals surface area contributed by atoms with Gasteiger partial charge >= 0.3 is 0 Å². The van der Waals surface area contributed by atoms with Crippen molar-refractivity contribution >= 4 is 11.3 Å². The topological polar surface area (TPSA) is 35.2 Å². The molecule has 1 aliphatic heterocycles. The van der Waals surface area contributed by atoms with E-state index in [1.165, 1.54) is 22.3 Å². The fraction of sp³-hybridized carbons (Fsp3) is 0.333. The summed E-state index contributed by atoms with van der Waals surface area (Å²) in [6.07, 6.45) is 2.20. The maximum atomic E-state index is 6.36. The van der Waals surface area contributed by atoms with Crippen molar-refractivity contribution in [2.75, 3.05) is 6.61 Å². The second-order valence-corrected chi connectivity index (χ2v) is 5.55. The minimum atomic E-state index is -0.0246. The van der Waals surface area contributed by atoms with Gasteiger partial charge in [-0.2, -0.15) is 11.3 Å². The van der Waals surface area contributed by atoms with Crippen LogP contribution in [0.25, 0.3) is 0 Å². The Balaban J connectivity index is 1.95. The summed E-state index contributed by atoms with van der Waals surface area (Å²) in [6.45, 7) is 2.95. The van der Waals surface area contributed by atoms with Crippen molar-refractivity contribution in [1.29, 1.82) is 0 Å². The van der Waals surface area contributed by atoms with Crippen LogP contribution in [-0.2, 0) is 6.42 Å². The quantitative estimate of drug-likeness (QED) is 0.896. The normalized spacial score (nSPS) is 15.9. The first-order valence-corrected chi connectivity index (χ1v) is 7.24. The summed E-state index contributed by atoms with van der Waals surface area (Å²) in [6, 6.07) is 6.33. The molecule has 3 rings (SSSR count). The maximum Gasteiger partial charge on any atom is 0.122 e. The van der Waals surface area contributed by atoms with Gasteiger partial charge in [0.2, 0.25) is 0 Å². The Morgan fingerprint density at radius 3 is 3.00 bits per heavy atom. The van der Waals surface area contributed by atoms with Crippen molar-refractivity contribution < 1.29 is 4.74 Å². The Morgan fingerprint density at radius 1 is 1.33 bits per heavy atom. The summed E-state index contributed by atoms with van der Waals surface area (Å²) >= 11 is 1.71. The third-order valence-corrected chi connectivity index (χ3v) is 4.40. The molecular weight excluding hydrogens is 242 g/mol. The van der Waals surface area contributed by atoms with Gasteiger partial charge in [-0.25, -0.2) is 0 Å². The van der Waals surface area contributed by atoms with E-state index >= 15 is 0 Å². The van der Waals surface area contributed by atoms with Crippen molar-refractivity contribution in [3.8, 4) is 5.75 Å². The van der Waals surface area contributed by atoms with Crippen LogP contribution in [0.2, 0.25) is 0 Å². The first kappa shape index (κ1) is 11.8. The molecule has 3 heteroatoms. The van der Waals surface area contributed by atoms with Gasteiger partial charge in [0.05, 0.1) is 12.6 Å². The summed E-state index contributed by atoms with van der Waals surface area (Å²) in [5, 5.41) is 4.30. The number of fused-ring (bicyclic) bond motifs is 1. The van der Waals surface area contributed by atoms with Crippen LogP contribution in [0.3, 0.4) is 0 Å². The lowest BCUT2D eigenvalue weighted by Crippen LogP contribution is -2.14. The molecule has 0 spiro atoms. The summed E-state index contributed by atoms with van der Waals surface area (Å²) in [4.78, 5) is 0. The zero-order chi connectivity index (χ0) is 12.5. The molecule has 0 saturated carbocycles. The molecule has 2 heterocycles. The molecule has 2 nitrogen and oxygen atoms in total. The van der Waals surface area contributed by atoms with E-state index in [1.54, 1.807) is 11.3 Å². The fourth-order valence-corrected chi connectivity index (χ4v) is 3.33. The van der Waals surface area contributed by atoms with Gasteiger partial charge in [0, 0.05) is 0 Å². The smallest absolute Gasteiger partial charge is 0.122 e. The number of thiophene rings is 1. The van der Waals surface area contributed by atoms with Crippen LogP contribution in [-0.4, -0.2) is 6.61 Å². The highest BCUT2D eigenvalue weighted by atomic mass is 32.1. The Morgan fingerprint density at radius 2 is 2.22 bits per heavy atom. The van der Waals surface area contributed by atoms with Gasteiger partial charge in [-0.3, -0.25) is 0 Å². The molecule has 1 unspecified atom stereocenters. The maximum absolute atomic E-state index is 6.36. The van der Waals surface area contributed by atoms with E-state index in [9.17, 15) is 0 Å². The molecule has 0 aliphatic carbocycles. The van der Waals surface area contributed by atoms with Crippen molar-refractivity contribution in [1.82, 2.24) is 0 Å². The highest BCUT2D eigenvalue weighted by molar-refractivity contribution is 7.08. The van der Waals surface area contributed by atoms with E-state index < -0.39 is 0 Å². The highest BCUT2D eigenvalue weighted by Crippen LogP contribution is 2.31. The van der Waals surface area contributed by atoms with Crippen molar-refractivity contribution in [3.05, 3.63) is 51.2 Å². The third-order valence-electron chi connectivity index (χ3n) is 3.52. The second-order valence-electron chi connectivity index (χ2n) is 4.81. The number of ether oxygens (including phenoxy) is 1. The highest BCUT2D eigenvalue weighted by Gasteiger charge is 2.16. The van der Waals surface area contributed by atoms with Crippen LogP contribution >= 0.6 is 11.3 Å². The number of nitrogens with two attached hydrogens (primary N) is 1. The zero-order valence-electron chi connectivity index (χ0n) is 10.5. The predicted octanol–water partition coefficient (Wildman–Crippen LogP) is 3.43. The Kier molecular flexibility index (Phi) is 3.10. The van der Waals surface area contributed by atoms with Gasteiger partial charge in [0.1, 0.15) is 5.75 Å². The monoisotopic (exact) mass is 259 g/mol. The Labute approximate surface area is 111 Å². The second kappa shape index (κ2) is 4.75. The molecule has 1 aromatic heterocycles. The van der Waals surface area contributed by atoms with Gasteiger partial charge < -0.3 is 10.5 Å². The largest absolute Gasteiger partial charge is 0.493 e. The SMILES string of the molecule is Cc1cscc1C(N)c1ccc2c(c1)CCCO2. The predicted molar refractivity (Wildman–Crippen MR) is 75.3 cm³/mol. The Hall–Kier alpha value is -1.32. The average Bonchev–Trinajstić information content (AvgIpc) is 2.83. The molecule has 1 atom stereocenters. The zero-order valence-corrected chi connectivity index (χ0v) is 11.3. The standard InChI is InChI=1S/C15H17NOS/c1-10-8-18-9-13(10)15(16)12-4-5-14-11(7-12)3-2-6-17-14/h4-5,7-9,15H,2-3,6,16H2,1H3. The molecule has 0 radical (unpaired) electrons. The van der Waals surface area contributed by atoms with Gasteiger partial charge in [-0.15, -0.1) is 0 Å². The number of hydrogen-bond acceptors (Lipinski definition) is 3. The lowest BCUT2D eigenvalue weighted by molar-refractivity contribution is 0.288. The van der Waals surface area contributed by atoms with Gasteiger partial charge in [-0.05, 0) is 58.8 Å². The van der Waals surface area contributed by atoms with Crippen molar-refractivity contribution in [2.24, 2.45) is 5.73 Å². The van der Waals surface area contributed by atoms with Gasteiger partial charge in [0.25, 0.3) is 0 Å². The summed E-state index contributed by atoms with van der Waals surface area (Å²) in [5.74, 6) is 1.03. The van der Waals surface area contributed by atoms with Crippen LogP contribution in [0.15, 0.2) is 29.0 Å². The molecule has 18 heavy (non-hydrogen) atoms. The van der Waals surface area contributed by atoms with Crippen LogP contribution in [0.5, 0.6) is 5.75 Å². The molecule has 0 amide bonds. The molecule has 2 aromatic rings. The Bertz CT molecular complexity index is 561. The first-order chi connectivity index (χ1) is 8.75. The van der Waals surface area contributed by atoms with Crippen molar-refractivity contribution in [2.45, 2.75) is 25.8 Å². The van der Waals surface area contributed by atoms with E-state index in [2.05, 4.69) is 35.9 Å². The molecular formula is C15H17NOS. The van der Waals surface area contributed by atoms with Gasteiger partial charge in [0.15, 0.2) is 0 Å². The van der Waals surface area contributed by atoms with Crippen LogP contribution < -0.4 is 10.5 Å². The molecule has 1 aromatic carbocycles. The number of benzene rings is 1. The molecule has 0 bridgehead atoms. The van der Waals surface area contributed by atoms with E-state index in [0.29, 0.717) is 0 Å². The fourth-order valence-electron chi connectivity index (χ4n) is 2.44. The van der Waals surface area contributed by atoms with E-state index in [-0.39, 0.29) is 6.04 Å². The van der Waals surface area contributed by atoms with Gasteiger partial charge in [-0.1, -0.05) is 12.1 Å². The molecule has 2 N–H and O–H groups in total. The lowest BCUT2D eigenvalue weighted by Gasteiger charge is -2.20. The van der Waals surface area contributed by atoms with Crippen LogP contribution in [0.1, 0.15) is 34.7 Å². The minimum absolute atomic E-state index is 0.0246. The summed E-state index contributed by atoms with van der Waals surface area (Å²) < 4.78 is 5.63. The van der Waals surface area contributed by atoms with E-state index in [4.69, 9.17) is 10.5 Å².